The molecule has 0 aromatic carbocycles. The van der Waals surface area contributed by atoms with Gasteiger partial charge in [-0.2, -0.15) is 0 Å². The van der Waals surface area contributed by atoms with Crippen molar-refractivity contribution in [3.8, 4) is 0 Å². The third-order valence-electron chi connectivity index (χ3n) is 1.29. The van der Waals surface area contributed by atoms with Crippen LogP contribution in [0.25, 0.3) is 0 Å². The quantitative estimate of drug-likeness (QED) is 0.408. The summed E-state index contributed by atoms with van der Waals surface area (Å²) >= 11 is 0. The van der Waals surface area contributed by atoms with Crippen molar-refractivity contribution in [1.29, 1.82) is 0 Å². The highest BCUT2D eigenvalue weighted by Crippen LogP contribution is 2.12. The van der Waals surface area contributed by atoms with Gasteiger partial charge in [0.2, 0.25) is 0 Å². The first-order chi connectivity index (χ1) is 4.92. The second-order valence-corrected chi connectivity index (χ2v) is 2.55. The number of aliphatic hydroxyl groups is 3. The Morgan fingerprint density at radius 2 is 2.09 bits per heavy atom. The molecule has 0 heterocycles. The van der Waals surface area contributed by atoms with Crippen LogP contribution in [0.4, 0.5) is 0 Å². The molecule has 0 amide bonds. The molecule has 0 aromatic rings. The minimum atomic E-state index is -2.21. The van der Waals surface area contributed by atoms with Crippen LogP contribution in [0.3, 0.4) is 0 Å². The SMILES string of the molecule is CC(O)CC(O)(CO)C(=O)O. The van der Waals surface area contributed by atoms with E-state index >= 15 is 0 Å². The van der Waals surface area contributed by atoms with E-state index in [1.165, 1.54) is 6.92 Å². The average molecular weight is 164 g/mol. The molecule has 0 spiro atoms. The van der Waals surface area contributed by atoms with Gasteiger partial charge in [-0.3, -0.25) is 0 Å². The first-order valence-corrected chi connectivity index (χ1v) is 3.17. The summed E-state index contributed by atoms with van der Waals surface area (Å²) in [6.45, 7) is 0.441. The van der Waals surface area contributed by atoms with E-state index in [9.17, 15) is 4.79 Å². The van der Waals surface area contributed by atoms with Crippen molar-refractivity contribution in [2.75, 3.05) is 6.61 Å². The maximum absolute atomic E-state index is 10.3. The number of carboxylic acid groups (broad SMARTS) is 1. The lowest BCUT2D eigenvalue weighted by molar-refractivity contribution is -0.166. The maximum atomic E-state index is 10.3. The number of hydrogen-bond acceptors (Lipinski definition) is 4. The van der Waals surface area contributed by atoms with Crippen molar-refractivity contribution in [2.45, 2.75) is 25.0 Å². The van der Waals surface area contributed by atoms with E-state index in [2.05, 4.69) is 0 Å². The highest BCUT2D eigenvalue weighted by atomic mass is 16.4. The van der Waals surface area contributed by atoms with Crippen molar-refractivity contribution in [1.82, 2.24) is 0 Å². The zero-order valence-corrected chi connectivity index (χ0v) is 6.19. The molecule has 0 aliphatic carbocycles. The molecule has 4 N–H and O–H groups in total. The normalized spacial score (nSPS) is 18.9. The summed E-state index contributed by atoms with van der Waals surface area (Å²) in [5.74, 6) is -1.53. The Morgan fingerprint density at radius 1 is 1.64 bits per heavy atom. The van der Waals surface area contributed by atoms with Crippen LogP contribution in [0, 0.1) is 0 Å². The van der Waals surface area contributed by atoms with Gasteiger partial charge in [0.15, 0.2) is 5.60 Å². The topological polar surface area (TPSA) is 98.0 Å². The fraction of sp³-hybridized carbons (Fsp3) is 0.833. The highest BCUT2D eigenvalue weighted by molar-refractivity contribution is 5.77. The molecule has 0 aliphatic rings. The van der Waals surface area contributed by atoms with E-state index in [0.717, 1.165) is 0 Å². The number of aliphatic carboxylic acids is 1. The highest BCUT2D eigenvalue weighted by Gasteiger charge is 2.36. The molecule has 2 atom stereocenters. The Labute approximate surface area is 63.9 Å². The first kappa shape index (κ1) is 10.3. The Kier molecular flexibility index (Phi) is 3.44. The second-order valence-electron chi connectivity index (χ2n) is 2.55. The zero-order valence-electron chi connectivity index (χ0n) is 6.19. The molecule has 0 radical (unpaired) electrons. The number of rotatable bonds is 4. The lowest BCUT2D eigenvalue weighted by atomic mass is 9.98. The van der Waals surface area contributed by atoms with E-state index in [-0.39, 0.29) is 6.42 Å². The summed E-state index contributed by atoms with van der Waals surface area (Å²) in [6.07, 6.45) is -1.33. The van der Waals surface area contributed by atoms with Gasteiger partial charge in [-0.1, -0.05) is 0 Å². The molecule has 66 valence electrons. The molecule has 0 saturated carbocycles. The predicted octanol–water partition coefficient (Wildman–Crippen LogP) is -1.43. The van der Waals surface area contributed by atoms with E-state index in [0.29, 0.717) is 0 Å². The van der Waals surface area contributed by atoms with Crippen molar-refractivity contribution in [3.05, 3.63) is 0 Å². The Balaban J connectivity index is 4.22. The monoisotopic (exact) mass is 164 g/mol. The minimum Gasteiger partial charge on any atom is -0.479 e. The summed E-state index contributed by atoms with van der Waals surface area (Å²) in [5, 5.41) is 34.6. The van der Waals surface area contributed by atoms with Crippen LogP contribution in [0.5, 0.6) is 0 Å². The van der Waals surface area contributed by atoms with Gasteiger partial charge in [-0.15, -0.1) is 0 Å². The van der Waals surface area contributed by atoms with Crippen LogP contribution in [-0.4, -0.2) is 44.7 Å². The van der Waals surface area contributed by atoms with E-state index < -0.39 is 24.3 Å². The first-order valence-electron chi connectivity index (χ1n) is 3.17. The van der Waals surface area contributed by atoms with E-state index in [4.69, 9.17) is 20.4 Å². The fourth-order valence-electron chi connectivity index (χ4n) is 0.708. The third kappa shape index (κ3) is 2.83. The molecule has 5 heteroatoms. The van der Waals surface area contributed by atoms with Gasteiger partial charge >= 0.3 is 5.97 Å². The Hall–Kier alpha value is -0.650. The molecule has 0 fully saturated rings. The molecule has 0 saturated heterocycles. The van der Waals surface area contributed by atoms with E-state index in [1.54, 1.807) is 0 Å². The van der Waals surface area contributed by atoms with Crippen LogP contribution < -0.4 is 0 Å². The van der Waals surface area contributed by atoms with Crippen LogP contribution in [0.1, 0.15) is 13.3 Å². The molecular weight excluding hydrogens is 152 g/mol. The number of carbonyl (C=O) groups is 1. The van der Waals surface area contributed by atoms with Crippen molar-refractivity contribution >= 4 is 5.97 Å². The lowest BCUT2D eigenvalue weighted by Gasteiger charge is -2.21. The van der Waals surface area contributed by atoms with Gasteiger partial charge in [0, 0.05) is 6.42 Å². The molecule has 0 rings (SSSR count). The fourth-order valence-corrected chi connectivity index (χ4v) is 0.708. The lowest BCUT2D eigenvalue weighted by Crippen LogP contribution is -2.44. The molecular formula is C6H12O5. The van der Waals surface area contributed by atoms with Gasteiger partial charge in [-0.05, 0) is 6.92 Å². The molecule has 5 nitrogen and oxygen atoms in total. The molecule has 0 bridgehead atoms. The number of hydrogen-bond donors (Lipinski definition) is 4. The summed E-state index contributed by atoms with van der Waals surface area (Å²) < 4.78 is 0. The van der Waals surface area contributed by atoms with Gasteiger partial charge < -0.3 is 20.4 Å². The van der Waals surface area contributed by atoms with Crippen molar-refractivity contribution in [2.24, 2.45) is 0 Å². The largest absolute Gasteiger partial charge is 0.479 e. The van der Waals surface area contributed by atoms with Gasteiger partial charge in [-0.25, -0.2) is 4.79 Å². The van der Waals surface area contributed by atoms with Crippen LogP contribution in [0.15, 0.2) is 0 Å². The number of aliphatic hydroxyl groups excluding tert-OH is 2. The zero-order chi connectivity index (χ0) is 9.07. The van der Waals surface area contributed by atoms with Gasteiger partial charge in [0.05, 0.1) is 12.7 Å². The third-order valence-corrected chi connectivity index (χ3v) is 1.29. The van der Waals surface area contributed by atoms with Crippen LogP contribution >= 0.6 is 0 Å². The molecule has 11 heavy (non-hydrogen) atoms. The maximum Gasteiger partial charge on any atom is 0.338 e. The van der Waals surface area contributed by atoms with Gasteiger partial charge in [0.25, 0.3) is 0 Å². The predicted molar refractivity (Wildman–Crippen MR) is 36.0 cm³/mol. The second kappa shape index (κ2) is 3.66. The van der Waals surface area contributed by atoms with Gasteiger partial charge in [0.1, 0.15) is 0 Å². The number of carboxylic acids is 1. The van der Waals surface area contributed by atoms with Crippen molar-refractivity contribution in [3.63, 3.8) is 0 Å². The summed E-state index contributed by atoms with van der Waals surface area (Å²) in [5.41, 5.74) is -2.21. The van der Waals surface area contributed by atoms with Crippen molar-refractivity contribution < 1.29 is 25.2 Å². The summed E-state index contributed by atoms with van der Waals surface area (Å²) in [7, 11) is 0. The standard InChI is InChI=1S/C6H12O5/c1-4(8)2-6(11,3-7)5(9)10/h4,7-8,11H,2-3H2,1H3,(H,9,10). The molecule has 2 unspecified atom stereocenters. The molecule has 0 aliphatic heterocycles. The van der Waals surface area contributed by atoms with Crippen LogP contribution in [-0.2, 0) is 4.79 Å². The molecule has 0 aromatic heterocycles. The minimum absolute atomic E-state index is 0.376. The van der Waals surface area contributed by atoms with E-state index in [1.807, 2.05) is 0 Å². The summed E-state index contributed by atoms with van der Waals surface area (Å²) in [4.78, 5) is 10.3. The smallest absolute Gasteiger partial charge is 0.338 e. The summed E-state index contributed by atoms with van der Waals surface area (Å²) in [6, 6.07) is 0. The van der Waals surface area contributed by atoms with Crippen LogP contribution in [0.2, 0.25) is 0 Å². The Bertz CT molecular complexity index is 144. The average Bonchev–Trinajstić information content (AvgIpc) is 1.86. The Morgan fingerprint density at radius 3 is 2.18 bits per heavy atom.